The molecular formula is C17H28N2O. The van der Waals surface area contributed by atoms with Crippen LogP contribution in [0.1, 0.15) is 43.5 Å². The quantitative estimate of drug-likeness (QED) is 0.922. The molecule has 1 saturated heterocycles. The van der Waals surface area contributed by atoms with E-state index in [1.54, 1.807) is 0 Å². The lowest BCUT2D eigenvalue weighted by Crippen LogP contribution is -2.54. The van der Waals surface area contributed by atoms with Crippen molar-refractivity contribution in [2.45, 2.75) is 52.4 Å². The van der Waals surface area contributed by atoms with Gasteiger partial charge in [-0.05, 0) is 51.3 Å². The Kier molecular flexibility index (Phi) is 4.52. The van der Waals surface area contributed by atoms with Gasteiger partial charge in [-0.25, -0.2) is 0 Å². The smallest absolute Gasteiger partial charge is 0.0757 e. The van der Waals surface area contributed by atoms with E-state index >= 15 is 0 Å². The molecule has 2 atom stereocenters. The second kappa shape index (κ2) is 5.84. The van der Waals surface area contributed by atoms with Crippen LogP contribution in [0.15, 0.2) is 18.2 Å². The van der Waals surface area contributed by atoms with E-state index in [0.717, 1.165) is 13.1 Å². The zero-order valence-corrected chi connectivity index (χ0v) is 13.4. The molecule has 2 N–H and O–H groups in total. The van der Waals surface area contributed by atoms with E-state index in [1.807, 2.05) is 0 Å². The Morgan fingerprint density at radius 2 is 1.95 bits per heavy atom. The van der Waals surface area contributed by atoms with Gasteiger partial charge in [0.15, 0.2) is 0 Å². The number of rotatable bonds is 3. The highest BCUT2D eigenvalue weighted by atomic mass is 16.5. The number of hydrogen-bond donors (Lipinski definition) is 1. The molecule has 2 unspecified atom stereocenters. The Morgan fingerprint density at radius 1 is 1.35 bits per heavy atom. The SMILES string of the molecule is Cc1cccc(C)c1C(CN)N1CC(C)OC(C)(C)C1. The minimum absolute atomic E-state index is 0.109. The molecule has 1 aromatic rings. The summed E-state index contributed by atoms with van der Waals surface area (Å²) in [5, 5.41) is 0. The third-order valence-corrected chi connectivity index (χ3v) is 4.14. The van der Waals surface area contributed by atoms with E-state index in [0.29, 0.717) is 6.54 Å². The Balaban J connectivity index is 2.32. The molecule has 1 aliphatic rings. The van der Waals surface area contributed by atoms with Crippen molar-refractivity contribution in [3.8, 4) is 0 Å². The molecule has 112 valence electrons. The Hall–Kier alpha value is -0.900. The van der Waals surface area contributed by atoms with Gasteiger partial charge in [0.05, 0.1) is 11.7 Å². The van der Waals surface area contributed by atoms with Gasteiger partial charge in [-0.2, -0.15) is 0 Å². The van der Waals surface area contributed by atoms with Crippen LogP contribution in [0.25, 0.3) is 0 Å². The normalized spacial score (nSPS) is 24.6. The minimum Gasteiger partial charge on any atom is -0.370 e. The van der Waals surface area contributed by atoms with E-state index in [1.165, 1.54) is 16.7 Å². The lowest BCUT2D eigenvalue weighted by atomic mass is 9.93. The van der Waals surface area contributed by atoms with Gasteiger partial charge in [-0.15, -0.1) is 0 Å². The van der Waals surface area contributed by atoms with Crippen molar-refractivity contribution in [1.82, 2.24) is 4.90 Å². The summed E-state index contributed by atoms with van der Waals surface area (Å²) in [6.45, 7) is 13.3. The highest BCUT2D eigenvalue weighted by molar-refractivity contribution is 5.36. The third-order valence-electron chi connectivity index (χ3n) is 4.14. The molecule has 3 nitrogen and oxygen atoms in total. The number of nitrogens with zero attached hydrogens (tertiary/aromatic N) is 1. The second-order valence-electron chi connectivity index (χ2n) is 6.67. The summed E-state index contributed by atoms with van der Waals surface area (Å²) in [6, 6.07) is 6.76. The second-order valence-corrected chi connectivity index (χ2v) is 6.67. The van der Waals surface area contributed by atoms with Crippen molar-refractivity contribution < 1.29 is 4.74 Å². The van der Waals surface area contributed by atoms with E-state index in [4.69, 9.17) is 10.5 Å². The summed E-state index contributed by atoms with van der Waals surface area (Å²) in [7, 11) is 0. The van der Waals surface area contributed by atoms with E-state index in [-0.39, 0.29) is 17.7 Å². The van der Waals surface area contributed by atoms with Crippen molar-refractivity contribution in [2.75, 3.05) is 19.6 Å². The Bertz CT molecular complexity index is 450. The summed E-state index contributed by atoms with van der Waals surface area (Å²) in [4.78, 5) is 2.49. The molecule has 1 aliphatic heterocycles. The van der Waals surface area contributed by atoms with Crippen molar-refractivity contribution in [1.29, 1.82) is 0 Å². The molecule has 0 amide bonds. The van der Waals surface area contributed by atoms with Gasteiger partial charge >= 0.3 is 0 Å². The number of ether oxygens (including phenoxy) is 1. The van der Waals surface area contributed by atoms with Crippen LogP contribution >= 0.6 is 0 Å². The Labute approximate surface area is 123 Å². The van der Waals surface area contributed by atoms with Gasteiger partial charge < -0.3 is 10.5 Å². The maximum Gasteiger partial charge on any atom is 0.0757 e. The lowest BCUT2D eigenvalue weighted by molar-refractivity contribution is -0.137. The maximum atomic E-state index is 6.12. The maximum absolute atomic E-state index is 6.12. The molecule has 0 radical (unpaired) electrons. The van der Waals surface area contributed by atoms with E-state index in [9.17, 15) is 0 Å². The molecule has 0 aliphatic carbocycles. The molecular weight excluding hydrogens is 248 g/mol. The molecule has 3 heteroatoms. The zero-order chi connectivity index (χ0) is 14.9. The van der Waals surface area contributed by atoms with Gasteiger partial charge in [-0.1, -0.05) is 18.2 Å². The number of morpholine rings is 1. The number of benzene rings is 1. The van der Waals surface area contributed by atoms with E-state index < -0.39 is 0 Å². The molecule has 1 fully saturated rings. The number of hydrogen-bond acceptors (Lipinski definition) is 3. The third kappa shape index (κ3) is 3.22. The highest BCUT2D eigenvalue weighted by Crippen LogP contribution is 2.31. The predicted molar refractivity (Wildman–Crippen MR) is 83.9 cm³/mol. The summed E-state index contributed by atoms with van der Waals surface area (Å²) in [5.41, 5.74) is 10.1. The summed E-state index contributed by atoms with van der Waals surface area (Å²) < 4.78 is 6.01. The van der Waals surface area contributed by atoms with Crippen LogP contribution in [0, 0.1) is 13.8 Å². The molecule has 1 aromatic carbocycles. The molecule has 1 heterocycles. The fourth-order valence-electron chi connectivity index (χ4n) is 3.54. The van der Waals surface area contributed by atoms with Crippen LogP contribution in [0.4, 0.5) is 0 Å². The standard InChI is InChI=1S/C17H28N2O/c1-12-7-6-8-13(2)16(12)15(9-18)19-10-14(3)20-17(4,5)11-19/h6-8,14-15H,9-11,18H2,1-5H3. The topological polar surface area (TPSA) is 38.5 Å². The monoisotopic (exact) mass is 276 g/mol. The van der Waals surface area contributed by atoms with Crippen LogP contribution < -0.4 is 5.73 Å². The molecule has 2 rings (SSSR count). The van der Waals surface area contributed by atoms with Crippen LogP contribution in [0.2, 0.25) is 0 Å². The van der Waals surface area contributed by atoms with Gasteiger partial charge in [0, 0.05) is 25.7 Å². The first-order chi connectivity index (χ1) is 9.34. The average Bonchev–Trinajstić information content (AvgIpc) is 2.31. The fraction of sp³-hybridized carbons (Fsp3) is 0.647. The van der Waals surface area contributed by atoms with E-state index in [2.05, 4.69) is 57.7 Å². The van der Waals surface area contributed by atoms with Crippen molar-refractivity contribution >= 4 is 0 Å². The molecule has 0 saturated carbocycles. The fourth-order valence-corrected chi connectivity index (χ4v) is 3.54. The van der Waals surface area contributed by atoms with Crippen LogP contribution in [0.3, 0.4) is 0 Å². The average molecular weight is 276 g/mol. The summed E-state index contributed by atoms with van der Waals surface area (Å²) in [5.74, 6) is 0. The lowest BCUT2D eigenvalue weighted by Gasteiger charge is -2.45. The van der Waals surface area contributed by atoms with Crippen molar-refractivity contribution in [3.63, 3.8) is 0 Å². The highest BCUT2D eigenvalue weighted by Gasteiger charge is 2.35. The first kappa shape index (κ1) is 15.5. The van der Waals surface area contributed by atoms with Crippen LogP contribution in [-0.2, 0) is 4.74 Å². The Morgan fingerprint density at radius 3 is 2.45 bits per heavy atom. The minimum atomic E-state index is -0.109. The summed E-state index contributed by atoms with van der Waals surface area (Å²) in [6.07, 6.45) is 0.247. The van der Waals surface area contributed by atoms with Crippen molar-refractivity contribution in [3.05, 3.63) is 34.9 Å². The zero-order valence-electron chi connectivity index (χ0n) is 13.4. The van der Waals surface area contributed by atoms with Gasteiger partial charge in [0.2, 0.25) is 0 Å². The van der Waals surface area contributed by atoms with Crippen molar-refractivity contribution in [2.24, 2.45) is 5.73 Å². The van der Waals surface area contributed by atoms with Gasteiger partial charge in [0.25, 0.3) is 0 Å². The molecule has 0 bridgehead atoms. The number of nitrogens with two attached hydrogens (primary N) is 1. The number of aryl methyl sites for hydroxylation is 2. The largest absolute Gasteiger partial charge is 0.370 e. The van der Waals surface area contributed by atoms with Gasteiger partial charge in [-0.3, -0.25) is 4.90 Å². The van der Waals surface area contributed by atoms with Crippen LogP contribution in [0.5, 0.6) is 0 Å². The summed E-state index contributed by atoms with van der Waals surface area (Å²) >= 11 is 0. The predicted octanol–water partition coefficient (Wildman–Crippen LogP) is 2.80. The van der Waals surface area contributed by atoms with Gasteiger partial charge in [0.1, 0.15) is 0 Å². The molecule has 0 aromatic heterocycles. The molecule has 0 spiro atoms. The molecule has 20 heavy (non-hydrogen) atoms. The van der Waals surface area contributed by atoms with Crippen LogP contribution in [-0.4, -0.2) is 36.2 Å². The first-order valence-corrected chi connectivity index (χ1v) is 7.52. The first-order valence-electron chi connectivity index (χ1n) is 7.52.